The normalized spacial score (nSPS) is 12.3. The van der Waals surface area contributed by atoms with Crippen molar-refractivity contribution in [2.75, 3.05) is 0 Å². The van der Waals surface area contributed by atoms with Crippen molar-refractivity contribution in [3.63, 3.8) is 0 Å². The highest BCUT2D eigenvalue weighted by molar-refractivity contribution is 9.10. The number of furan rings is 1. The molecule has 0 aliphatic rings. The molecule has 1 N–H and O–H groups in total. The van der Waals surface area contributed by atoms with Crippen LogP contribution in [-0.4, -0.2) is 11.0 Å². The number of nitro benzene ring substituents is 1. The van der Waals surface area contributed by atoms with Gasteiger partial charge in [-0.05, 0) is 37.6 Å². The van der Waals surface area contributed by atoms with Gasteiger partial charge in [0.25, 0.3) is 5.69 Å². The first-order valence-corrected chi connectivity index (χ1v) is 7.54. The van der Waals surface area contributed by atoms with E-state index in [4.69, 9.17) is 4.42 Å². The van der Waals surface area contributed by atoms with E-state index in [2.05, 4.69) is 28.2 Å². The summed E-state index contributed by atoms with van der Waals surface area (Å²) in [5.74, 6) is 0.957. The Morgan fingerprint density at radius 2 is 2.24 bits per heavy atom. The molecule has 1 aromatic heterocycles. The minimum absolute atomic E-state index is 0.134. The van der Waals surface area contributed by atoms with Crippen LogP contribution in [0.5, 0.6) is 0 Å². The average molecular weight is 353 g/mol. The molecular formula is C15H17BrN2O3. The van der Waals surface area contributed by atoms with E-state index in [-0.39, 0.29) is 16.7 Å². The maximum absolute atomic E-state index is 11.0. The second-order valence-electron chi connectivity index (χ2n) is 4.93. The highest BCUT2D eigenvalue weighted by atomic mass is 79.9. The van der Waals surface area contributed by atoms with Crippen molar-refractivity contribution in [2.24, 2.45) is 0 Å². The van der Waals surface area contributed by atoms with Gasteiger partial charge in [-0.2, -0.15) is 0 Å². The van der Waals surface area contributed by atoms with Crippen molar-refractivity contribution in [2.45, 2.75) is 32.4 Å². The first-order valence-electron chi connectivity index (χ1n) is 6.75. The van der Waals surface area contributed by atoms with E-state index < -0.39 is 0 Å². The molecule has 0 spiro atoms. The highest BCUT2D eigenvalue weighted by Gasteiger charge is 2.14. The first-order chi connectivity index (χ1) is 10.1. The molecule has 112 valence electrons. The number of halogens is 1. The molecule has 5 nitrogen and oxygen atoms in total. The summed E-state index contributed by atoms with van der Waals surface area (Å²) in [7, 11) is 0. The van der Waals surface area contributed by atoms with Crippen LogP contribution in [-0.2, 0) is 13.0 Å². The molecule has 2 aromatic rings. The molecule has 1 atom stereocenters. The van der Waals surface area contributed by atoms with Crippen LogP contribution >= 0.6 is 15.9 Å². The Morgan fingerprint density at radius 1 is 1.43 bits per heavy atom. The van der Waals surface area contributed by atoms with E-state index in [9.17, 15) is 10.1 Å². The first kappa shape index (κ1) is 15.7. The molecule has 0 aliphatic heterocycles. The van der Waals surface area contributed by atoms with Gasteiger partial charge in [-0.1, -0.05) is 15.9 Å². The summed E-state index contributed by atoms with van der Waals surface area (Å²) in [6, 6.07) is 9.19. The predicted octanol–water partition coefficient (Wildman–Crippen LogP) is 4.06. The minimum Gasteiger partial charge on any atom is -0.469 e. The largest absolute Gasteiger partial charge is 0.469 e. The Labute approximate surface area is 131 Å². The van der Waals surface area contributed by atoms with E-state index >= 15 is 0 Å². The van der Waals surface area contributed by atoms with Crippen LogP contribution in [0.1, 0.15) is 24.7 Å². The monoisotopic (exact) mass is 352 g/mol. The number of nitrogens with zero attached hydrogens (tertiary/aromatic N) is 1. The molecule has 1 unspecified atom stereocenters. The smallest absolute Gasteiger partial charge is 0.275 e. The van der Waals surface area contributed by atoms with Gasteiger partial charge in [0, 0.05) is 35.1 Å². The molecule has 6 heteroatoms. The zero-order valence-corrected chi connectivity index (χ0v) is 13.3. The van der Waals surface area contributed by atoms with E-state index in [1.807, 2.05) is 18.2 Å². The third-order valence-corrected chi connectivity index (χ3v) is 3.78. The average Bonchev–Trinajstić information content (AvgIpc) is 2.97. The lowest BCUT2D eigenvalue weighted by Gasteiger charge is -2.13. The van der Waals surface area contributed by atoms with Crippen molar-refractivity contribution >= 4 is 21.6 Å². The van der Waals surface area contributed by atoms with Gasteiger partial charge in [-0.25, -0.2) is 0 Å². The standard InChI is InChI=1S/C15H17BrN2O3/c1-11(4-7-14-3-2-8-21-14)17-10-12-5-6-13(16)9-15(12)18(19)20/h2-3,5-6,8-9,11,17H,4,7,10H2,1H3. The summed E-state index contributed by atoms with van der Waals surface area (Å²) < 4.78 is 6.00. The van der Waals surface area contributed by atoms with E-state index in [0.717, 1.165) is 18.6 Å². The Morgan fingerprint density at radius 3 is 2.90 bits per heavy atom. The molecule has 21 heavy (non-hydrogen) atoms. The number of aryl methyl sites for hydroxylation is 1. The molecule has 2 rings (SSSR count). The number of rotatable bonds is 7. The predicted molar refractivity (Wildman–Crippen MR) is 84.1 cm³/mol. The molecular weight excluding hydrogens is 336 g/mol. The lowest BCUT2D eigenvalue weighted by atomic mass is 10.1. The van der Waals surface area contributed by atoms with Crippen molar-refractivity contribution in [3.05, 3.63) is 62.5 Å². The molecule has 0 bridgehead atoms. The number of hydrogen-bond acceptors (Lipinski definition) is 4. The van der Waals surface area contributed by atoms with Gasteiger partial charge in [0.2, 0.25) is 0 Å². The third-order valence-electron chi connectivity index (χ3n) is 3.29. The number of benzene rings is 1. The maximum atomic E-state index is 11.0. The third kappa shape index (κ3) is 4.68. The van der Waals surface area contributed by atoms with Crippen molar-refractivity contribution in [1.82, 2.24) is 5.32 Å². The van der Waals surface area contributed by atoms with Gasteiger partial charge in [0.1, 0.15) is 5.76 Å². The van der Waals surface area contributed by atoms with E-state index in [1.165, 1.54) is 6.07 Å². The SMILES string of the molecule is CC(CCc1ccco1)NCc1ccc(Br)cc1[N+](=O)[O-]. The Hall–Kier alpha value is -1.66. The number of nitrogens with one attached hydrogen (secondary N) is 1. The van der Waals surface area contributed by atoms with E-state index in [1.54, 1.807) is 12.3 Å². The van der Waals surface area contributed by atoms with Crippen molar-refractivity contribution < 1.29 is 9.34 Å². The highest BCUT2D eigenvalue weighted by Crippen LogP contribution is 2.23. The van der Waals surface area contributed by atoms with Gasteiger partial charge < -0.3 is 9.73 Å². The number of hydrogen-bond donors (Lipinski definition) is 1. The minimum atomic E-state index is -0.352. The lowest BCUT2D eigenvalue weighted by Crippen LogP contribution is -2.26. The summed E-state index contributed by atoms with van der Waals surface area (Å²) in [4.78, 5) is 10.7. The summed E-state index contributed by atoms with van der Waals surface area (Å²) in [6.45, 7) is 2.54. The molecule has 0 saturated heterocycles. The van der Waals surface area contributed by atoms with E-state index in [0.29, 0.717) is 16.6 Å². The van der Waals surface area contributed by atoms with Crippen molar-refractivity contribution in [1.29, 1.82) is 0 Å². The second kappa shape index (κ2) is 7.38. The Balaban J connectivity index is 1.89. The van der Waals surface area contributed by atoms with Crippen LogP contribution in [0.4, 0.5) is 5.69 Å². The van der Waals surface area contributed by atoms with Gasteiger partial charge >= 0.3 is 0 Å². The van der Waals surface area contributed by atoms with Crippen molar-refractivity contribution in [3.8, 4) is 0 Å². The fourth-order valence-corrected chi connectivity index (χ4v) is 2.41. The van der Waals surface area contributed by atoms with Gasteiger partial charge in [0.05, 0.1) is 11.2 Å². The number of nitro groups is 1. The fourth-order valence-electron chi connectivity index (χ4n) is 2.06. The molecule has 0 radical (unpaired) electrons. The summed E-state index contributed by atoms with van der Waals surface area (Å²) in [6.07, 6.45) is 3.43. The summed E-state index contributed by atoms with van der Waals surface area (Å²) >= 11 is 3.26. The zero-order chi connectivity index (χ0) is 15.2. The lowest BCUT2D eigenvalue weighted by molar-refractivity contribution is -0.385. The second-order valence-corrected chi connectivity index (χ2v) is 5.85. The maximum Gasteiger partial charge on any atom is 0.275 e. The molecule has 0 amide bonds. The fraction of sp³-hybridized carbons (Fsp3) is 0.333. The summed E-state index contributed by atoms with van der Waals surface area (Å²) in [5.41, 5.74) is 0.822. The molecule has 0 saturated carbocycles. The van der Waals surface area contributed by atoms with Gasteiger partial charge in [-0.3, -0.25) is 10.1 Å². The van der Waals surface area contributed by atoms with Gasteiger partial charge in [-0.15, -0.1) is 0 Å². The van der Waals surface area contributed by atoms with Crippen LogP contribution in [0.3, 0.4) is 0 Å². The summed E-state index contributed by atoms with van der Waals surface area (Å²) in [5, 5.41) is 14.4. The van der Waals surface area contributed by atoms with Gasteiger partial charge in [0.15, 0.2) is 0 Å². The van der Waals surface area contributed by atoms with Crippen LogP contribution in [0.15, 0.2) is 45.5 Å². The van der Waals surface area contributed by atoms with Crippen LogP contribution in [0.2, 0.25) is 0 Å². The van der Waals surface area contributed by atoms with Crippen LogP contribution < -0.4 is 5.32 Å². The quantitative estimate of drug-likeness (QED) is 0.602. The van der Waals surface area contributed by atoms with Crippen LogP contribution in [0.25, 0.3) is 0 Å². The topological polar surface area (TPSA) is 68.3 Å². The molecule has 1 aromatic carbocycles. The molecule has 0 aliphatic carbocycles. The molecule has 0 fully saturated rings. The molecule has 1 heterocycles. The zero-order valence-electron chi connectivity index (χ0n) is 11.7. The Bertz CT molecular complexity index is 599. The Kier molecular flexibility index (Phi) is 5.52. The van der Waals surface area contributed by atoms with Crippen LogP contribution in [0, 0.1) is 10.1 Å².